The average molecular weight is 258 g/mol. The molecule has 1 N–H and O–H groups in total. The second-order valence-electron chi connectivity index (χ2n) is 3.76. The van der Waals surface area contributed by atoms with Crippen molar-refractivity contribution in [1.29, 1.82) is 0 Å². The van der Waals surface area contributed by atoms with Gasteiger partial charge < -0.3 is 14.8 Å². The third-order valence-corrected chi connectivity index (χ3v) is 2.57. The van der Waals surface area contributed by atoms with E-state index in [-0.39, 0.29) is 5.91 Å². The van der Waals surface area contributed by atoms with Crippen LogP contribution in [-0.4, -0.2) is 25.1 Å². The first-order chi connectivity index (χ1) is 9.24. The van der Waals surface area contributed by atoms with Crippen molar-refractivity contribution >= 4 is 11.6 Å². The number of pyridine rings is 1. The van der Waals surface area contributed by atoms with Crippen LogP contribution in [0.15, 0.2) is 42.7 Å². The van der Waals surface area contributed by atoms with Crippen molar-refractivity contribution < 1.29 is 14.3 Å². The number of carbonyl (C=O) groups is 1. The van der Waals surface area contributed by atoms with Gasteiger partial charge in [-0.05, 0) is 30.3 Å². The van der Waals surface area contributed by atoms with Crippen LogP contribution < -0.4 is 14.8 Å². The van der Waals surface area contributed by atoms with Gasteiger partial charge in [0.1, 0.15) is 11.5 Å². The Morgan fingerprint density at radius 1 is 1.21 bits per heavy atom. The zero-order valence-corrected chi connectivity index (χ0v) is 10.7. The average Bonchev–Trinajstić information content (AvgIpc) is 2.47. The normalized spacial score (nSPS) is 9.79. The van der Waals surface area contributed by atoms with Gasteiger partial charge >= 0.3 is 0 Å². The molecule has 0 aliphatic rings. The van der Waals surface area contributed by atoms with E-state index in [1.165, 1.54) is 7.11 Å². The number of amides is 1. The highest BCUT2D eigenvalue weighted by Gasteiger charge is 2.13. The molecule has 98 valence electrons. The minimum atomic E-state index is -0.274. The summed E-state index contributed by atoms with van der Waals surface area (Å²) < 4.78 is 10.3. The number of ether oxygens (including phenoxy) is 2. The summed E-state index contributed by atoms with van der Waals surface area (Å²) in [4.78, 5) is 16.1. The predicted molar refractivity (Wildman–Crippen MR) is 71.7 cm³/mol. The second-order valence-corrected chi connectivity index (χ2v) is 3.76. The SMILES string of the molecule is COc1ccc(OC)c(C(=O)Nc2cccnc2)c1. The topological polar surface area (TPSA) is 60.5 Å². The van der Waals surface area contributed by atoms with Crippen LogP contribution in [0.4, 0.5) is 5.69 Å². The molecule has 5 nitrogen and oxygen atoms in total. The molecule has 2 aromatic rings. The van der Waals surface area contributed by atoms with E-state index in [2.05, 4.69) is 10.3 Å². The van der Waals surface area contributed by atoms with E-state index in [4.69, 9.17) is 9.47 Å². The Hall–Kier alpha value is -2.56. The second kappa shape index (κ2) is 5.86. The molecule has 5 heteroatoms. The van der Waals surface area contributed by atoms with E-state index < -0.39 is 0 Å². The number of anilines is 1. The lowest BCUT2D eigenvalue weighted by atomic mass is 10.1. The van der Waals surface area contributed by atoms with Crippen molar-refractivity contribution in [2.24, 2.45) is 0 Å². The summed E-state index contributed by atoms with van der Waals surface area (Å²) in [5.41, 5.74) is 1.03. The van der Waals surface area contributed by atoms with Crippen LogP contribution in [-0.2, 0) is 0 Å². The number of hydrogen-bond donors (Lipinski definition) is 1. The number of carbonyl (C=O) groups excluding carboxylic acids is 1. The maximum Gasteiger partial charge on any atom is 0.259 e. The minimum Gasteiger partial charge on any atom is -0.497 e. The Balaban J connectivity index is 2.27. The first-order valence-corrected chi connectivity index (χ1v) is 5.68. The summed E-state index contributed by atoms with van der Waals surface area (Å²) in [6, 6.07) is 8.57. The lowest BCUT2D eigenvalue weighted by Gasteiger charge is -2.10. The van der Waals surface area contributed by atoms with Gasteiger partial charge in [0.2, 0.25) is 0 Å². The summed E-state index contributed by atoms with van der Waals surface area (Å²) in [7, 11) is 3.06. The molecule has 1 amide bonds. The van der Waals surface area contributed by atoms with Crippen LogP contribution in [0.2, 0.25) is 0 Å². The molecular weight excluding hydrogens is 244 g/mol. The van der Waals surface area contributed by atoms with Gasteiger partial charge in [-0.1, -0.05) is 0 Å². The first kappa shape index (κ1) is 12.9. The molecule has 0 aliphatic heterocycles. The van der Waals surface area contributed by atoms with Crippen LogP contribution in [0, 0.1) is 0 Å². The van der Waals surface area contributed by atoms with Gasteiger partial charge in [0.25, 0.3) is 5.91 Å². The van der Waals surface area contributed by atoms with Crippen molar-refractivity contribution in [1.82, 2.24) is 4.98 Å². The maximum absolute atomic E-state index is 12.2. The highest BCUT2D eigenvalue weighted by molar-refractivity contribution is 6.06. The lowest BCUT2D eigenvalue weighted by molar-refractivity contribution is 0.102. The third-order valence-electron chi connectivity index (χ3n) is 2.57. The van der Waals surface area contributed by atoms with Gasteiger partial charge in [-0.15, -0.1) is 0 Å². The molecular formula is C14H14N2O3. The minimum absolute atomic E-state index is 0.274. The first-order valence-electron chi connectivity index (χ1n) is 5.68. The molecule has 0 bridgehead atoms. The van der Waals surface area contributed by atoms with Crippen LogP contribution in [0.5, 0.6) is 11.5 Å². The van der Waals surface area contributed by atoms with Crippen LogP contribution in [0.1, 0.15) is 10.4 Å². The maximum atomic E-state index is 12.2. The van der Waals surface area contributed by atoms with Crippen LogP contribution >= 0.6 is 0 Å². The number of nitrogens with one attached hydrogen (secondary N) is 1. The molecule has 0 unspecified atom stereocenters. The van der Waals surface area contributed by atoms with Crippen molar-refractivity contribution in [2.75, 3.05) is 19.5 Å². The molecule has 2 rings (SSSR count). The molecule has 19 heavy (non-hydrogen) atoms. The summed E-state index contributed by atoms with van der Waals surface area (Å²) in [5.74, 6) is 0.808. The third kappa shape index (κ3) is 3.01. The zero-order valence-electron chi connectivity index (χ0n) is 10.7. The Labute approximate surface area is 111 Å². The Kier molecular flexibility index (Phi) is 3.97. The van der Waals surface area contributed by atoms with E-state index in [0.717, 1.165) is 0 Å². The van der Waals surface area contributed by atoms with Crippen LogP contribution in [0.25, 0.3) is 0 Å². The fourth-order valence-corrected chi connectivity index (χ4v) is 1.63. The molecule has 1 aromatic heterocycles. The van der Waals surface area contributed by atoms with Gasteiger partial charge in [-0.3, -0.25) is 9.78 Å². The quantitative estimate of drug-likeness (QED) is 0.914. The van der Waals surface area contributed by atoms with Crippen molar-refractivity contribution in [3.8, 4) is 11.5 Å². The Bertz CT molecular complexity index is 570. The summed E-state index contributed by atoms with van der Waals surface area (Å²) >= 11 is 0. The van der Waals surface area contributed by atoms with Crippen LogP contribution in [0.3, 0.4) is 0 Å². The highest BCUT2D eigenvalue weighted by Crippen LogP contribution is 2.24. The zero-order chi connectivity index (χ0) is 13.7. The van der Waals surface area contributed by atoms with Crippen molar-refractivity contribution in [3.05, 3.63) is 48.3 Å². The van der Waals surface area contributed by atoms with Crippen molar-refractivity contribution in [2.45, 2.75) is 0 Å². The van der Waals surface area contributed by atoms with Gasteiger partial charge in [-0.2, -0.15) is 0 Å². The number of benzene rings is 1. The molecule has 0 aliphatic carbocycles. The Morgan fingerprint density at radius 3 is 2.68 bits per heavy atom. The van der Waals surface area contributed by atoms with Gasteiger partial charge in [0.05, 0.1) is 31.7 Å². The molecule has 0 saturated carbocycles. The fourth-order valence-electron chi connectivity index (χ4n) is 1.63. The summed E-state index contributed by atoms with van der Waals surface area (Å²) in [5, 5.41) is 2.75. The fraction of sp³-hybridized carbons (Fsp3) is 0.143. The molecule has 1 heterocycles. The van der Waals surface area contributed by atoms with Crippen molar-refractivity contribution in [3.63, 3.8) is 0 Å². The van der Waals surface area contributed by atoms with Gasteiger partial charge in [0, 0.05) is 6.20 Å². The van der Waals surface area contributed by atoms with E-state index in [9.17, 15) is 4.79 Å². The van der Waals surface area contributed by atoms with E-state index in [0.29, 0.717) is 22.7 Å². The predicted octanol–water partition coefficient (Wildman–Crippen LogP) is 2.35. The molecule has 0 spiro atoms. The van der Waals surface area contributed by atoms with E-state index in [1.54, 1.807) is 49.8 Å². The standard InChI is InChI=1S/C14H14N2O3/c1-18-11-5-6-13(19-2)12(8-11)14(17)16-10-4-3-7-15-9-10/h3-9H,1-2H3,(H,16,17). The van der Waals surface area contributed by atoms with E-state index in [1.807, 2.05) is 0 Å². The van der Waals surface area contributed by atoms with Gasteiger partial charge in [0.15, 0.2) is 0 Å². The number of rotatable bonds is 4. The van der Waals surface area contributed by atoms with Gasteiger partial charge in [-0.25, -0.2) is 0 Å². The molecule has 0 atom stereocenters. The molecule has 0 radical (unpaired) electrons. The Morgan fingerprint density at radius 2 is 2.05 bits per heavy atom. The molecule has 0 saturated heterocycles. The summed E-state index contributed by atoms with van der Waals surface area (Å²) in [6.45, 7) is 0. The number of nitrogens with zero attached hydrogens (tertiary/aromatic N) is 1. The van der Waals surface area contributed by atoms with E-state index >= 15 is 0 Å². The number of methoxy groups -OCH3 is 2. The monoisotopic (exact) mass is 258 g/mol. The number of hydrogen-bond acceptors (Lipinski definition) is 4. The summed E-state index contributed by atoms with van der Waals surface area (Å²) in [6.07, 6.45) is 3.21. The lowest BCUT2D eigenvalue weighted by Crippen LogP contribution is -2.13. The molecule has 0 fully saturated rings. The largest absolute Gasteiger partial charge is 0.497 e. The highest BCUT2D eigenvalue weighted by atomic mass is 16.5. The molecule has 1 aromatic carbocycles. The number of aromatic nitrogens is 1. The smallest absolute Gasteiger partial charge is 0.259 e.